The Morgan fingerprint density at radius 2 is 2.14 bits per heavy atom. The summed E-state index contributed by atoms with van der Waals surface area (Å²) in [7, 11) is 0. The zero-order chi connectivity index (χ0) is 10.2. The molecule has 1 heterocycles. The molecule has 0 aliphatic rings. The fourth-order valence-electron chi connectivity index (χ4n) is 0.931. The highest BCUT2D eigenvalue weighted by atomic mass is 16.5. The number of hydrogen-bond donors (Lipinski definition) is 1. The van der Waals surface area contributed by atoms with Gasteiger partial charge in [-0.05, 0) is 19.4 Å². The third-order valence-electron chi connectivity index (χ3n) is 1.93. The van der Waals surface area contributed by atoms with Crippen LogP contribution >= 0.6 is 0 Å². The lowest BCUT2D eigenvalue weighted by Crippen LogP contribution is -2.15. The van der Waals surface area contributed by atoms with Gasteiger partial charge in [-0.25, -0.2) is 9.97 Å². The topological polar surface area (TPSA) is 47.0 Å². The number of aromatic nitrogens is 2. The van der Waals surface area contributed by atoms with Crippen molar-refractivity contribution < 1.29 is 4.74 Å². The van der Waals surface area contributed by atoms with Crippen molar-refractivity contribution in [3.8, 4) is 0 Å². The van der Waals surface area contributed by atoms with Gasteiger partial charge in [0.1, 0.15) is 0 Å². The van der Waals surface area contributed by atoms with E-state index in [9.17, 15) is 0 Å². The maximum absolute atomic E-state index is 5.49. The SMILES string of the molecule is CCC(C)OCCNc1ncccn1. The molecule has 0 spiro atoms. The molecule has 1 aromatic heterocycles. The number of nitrogens with zero attached hydrogens (tertiary/aromatic N) is 2. The first-order valence-corrected chi connectivity index (χ1v) is 4.95. The number of hydrogen-bond acceptors (Lipinski definition) is 4. The minimum Gasteiger partial charge on any atom is -0.377 e. The molecule has 0 aliphatic heterocycles. The highest BCUT2D eigenvalue weighted by molar-refractivity contribution is 5.21. The summed E-state index contributed by atoms with van der Waals surface area (Å²) in [6, 6.07) is 1.79. The van der Waals surface area contributed by atoms with Gasteiger partial charge in [-0.1, -0.05) is 6.92 Å². The van der Waals surface area contributed by atoms with E-state index < -0.39 is 0 Å². The Labute approximate surface area is 84.7 Å². The molecular weight excluding hydrogens is 178 g/mol. The third-order valence-corrected chi connectivity index (χ3v) is 1.93. The van der Waals surface area contributed by atoms with Gasteiger partial charge in [-0.2, -0.15) is 0 Å². The second-order valence-electron chi connectivity index (χ2n) is 3.09. The second kappa shape index (κ2) is 6.32. The molecule has 1 unspecified atom stereocenters. The summed E-state index contributed by atoms with van der Waals surface area (Å²) in [5.74, 6) is 0.653. The molecule has 0 aliphatic carbocycles. The molecule has 0 amide bonds. The molecule has 0 fully saturated rings. The average molecular weight is 195 g/mol. The molecule has 4 heteroatoms. The first kappa shape index (κ1) is 10.9. The molecule has 1 aromatic rings. The summed E-state index contributed by atoms with van der Waals surface area (Å²) < 4.78 is 5.49. The van der Waals surface area contributed by atoms with Crippen molar-refractivity contribution in [2.75, 3.05) is 18.5 Å². The van der Waals surface area contributed by atoms with Crippen LogP contribution in [0, 0.1) is 0 Å². The van der Waals surface area contributed by atoms with Crippen molar-refractivity contribution in [2.24, 2.45) is 0 Å². The van der Waals surface area contributed by atoms with Crippen LogP contribution < -0.4 is 5.32 Å². The van der Waals surface area contributed by atoms with Crippen LogP contribution in [0.3, 0.4) is 0 Å². The number of ether oxygens (including phenoxy) is 1. The van der Waals surface area contributed by atoms with Crippen molar-refractivity contribution >= 4 is 5.95 Å². The molecule has 4 nitrogen and oxygen atoms in total. The fraction of sp³-hybridized carbons (Fsp3) is 0.600. The molecule has 0 aromatic carbocycles. The first-order valence-electron chi connectivity index (χ1n) is 4.95. The van der Waals surface area contributed by atoms with E-state index in [2.05, 4.69) is 29.1 Å². The van der Waals surface area contributed by atoms with Gasteiger partial charge in [-0.15, -0.1) is 0 Å². The Bertz CT molecular complexity index is 240. The van der Waals surface area contributed by atoms with Gasteiger partial charge >= 0.3 is 0 Å². The largest absolute Gasteiger partial charge is 0.377 e. The number of rotatable bonds is 6. The van der Waals surface area contributed by atoms with Gasteiger partial charge in [0.15, 0.2) is 0 Å². The Hall–Kier alpha value is -1.16. The molecular formula is C10H17N3O. The lowest BCUT2D eigenvalue weighted by Gasteiger charge is -2.10. The van der Waals surface area contributed by atoms with E-state index in [1.807, 2.05) is 0 Å². The van der Waals surface area contributed by atoms with Gasteiger partial charge in [0.25, 0.3) is 0 Å². The minimum absolute atomic E-state index is 0.327. The van der Waals surface area contributed by atoms with Crippen LogP contribution in [0.2, 0.25) is 0 Å². The van der Waals surface area contributed by atoms with E-state index in [-0.39, 0.29) is 0 Å². The van der Waals surface area contributed by atoms with Crippen LogP contribution in [-0.4, -0.2) is 29.2 Å². The van der Waals surface area contributed by atoms with Crippen molar-refractivity contribution in [3.05, 3.63) is 18.5 Å². The summed E-state index contributed by atoms with van der Waals surface area (Å²) in [5.41, 5.74) is 0. The minimum atomic E-state index is 0.327. The van der Waals surface area contributed by atoms with E-state index in [0.717, 1.165) is 13.0 Å². The van der Waals surface area contributed by atoms with Crippen LogP contribution in [-0.2, 0) is 4.74 Å². The smallest absolute Gasteiger partial charge is 0.222 e. The summed E-state index contributed by atoms with van der Waals surface area (Å²) in [4.78, 5) is 8.08. The zero-order valence-corrected chi connectivity index (χ0v) is 8.73. The third kappa shape index (κ3) is 4.18. The zero-order valence-electron chi connectivity index (χ0n) is 8.73. The first-order chi connectivity index (χ1) is 6.83. The van der Waals surface area contributed by atoms with Crippen molar-refractivity contribution in [3.63, 3.8) is 0 Å². The van der Waals surface area contributed by atoms with Gasteiger partial charge in [0.05, 0.1) is 12.7 Å². The molecule has 14 heavy (non-hydrogen) atoms. The molecule has 1 N–H and O–H groups in total. The highest BCUT2D eigenvalue weighted by Crippen LogP contribution is 1.96. The Balaban J connectivity index is 2.10. The Morgan fingerprint density at radius 3 is 2.79 bits per heavy atom. The number of nitrogens with one attached hydrogen (secondary N) is 1. The number of anilines is 1. The van der Waals surface area contributed by atoms with Gasteiger partial charge in [-0.3, -0.25) is 0 Å². The molecule has 0 saturated carbocycles. The molecule has 1 rings (SSSR count). The van der Waals surface area contributed by atoms with Crippen LogP contribution in [0.1, 0.15) is 20.3 Å². The summed E-state index contributed by atoms with van der Waals surface area (Å²) in [6.45, 7) is 5.61. The second-order valence-corrected chi connectivity index (χ2v) is 3.09. The maximum Gasteiger partial charge on any atom is 0.222 e. The average Bonchev–Trinajstić information content (AvgIpc) is 2.25. The van der Waals surface area contributed by atoms with Crippen molar-refractivity contribution in [1.29, 1.82) is 0 Å². The normalized spacial score (nSPS) is 12.4. The van der Waals surface area contributed by atoms with Crippen LogP contribution in [0.15, 0.2) is 18.5 Å². The lowest BCUT2D eigenvalue weighted by atomic mass is 10.3. The van der Waals surface area contributed by atoms with Crippen LogP contribution in [0.25, 0.3) is 0 Å². The van der Waals surface area contributed by atoms with E-state index >= 15 is 0 Å². The van der Waals surface area contributed by atoms with Crippen molar-refractivity contribution in [1.82, 2.24) is 9.97 Å². The maximum atomic E-state index is 5.49. The quantitative estimate of drug-likeness (QED) is 0.702. The highest BCUT2D eigenvalue weighted by Gasteiger charge is 1.97. The lowest BCUT2D eigenvalue weighted by molar-refractivity contribution is 0.0712. The molecule has 1 atom stereocenters. The fourth-order valence-corrected chi connectivity index (χ4v) is 0.931. The van der Waals surface area contributed by atoms with Gasteiger partial charge < -0.3 is 10.1 Å². The Morgan fingerprint density at radius 1 is 1.43 bits per heavy atom. The van der Waals surface area contributed by atoms with Gasteiger partial charge in [0.2, 0.25) is 5.95 Å². The summed E-state index contributed by atoms with van der Waals surface area (Å²) in [6.07, 6.45) is 4.80. The monoisotopic (exact) mass is 195 g/mol. The summed E-state index contributed by atoms with van der Waals surface area (Å²) >= 11 is 0. The van der Waals surface area contributed by atoms with Crippen molar-refractivity contribution in [2.45, 2.75) is 26.4 Å². The van der Waals surface area contributed by atoms with E-state index in [1.54, 1.807) is 18.5 Å². The standard InChI is InChI=1S/C10H17N3O/c1-3-9(2)14-8-7-13-10-11-5-4-6-12-10/h4-6,9H,3,7-8H2,1-2H3,(H,11,12,13). The predicted molar refractivity (Wildman–Crippen MR) is 56.2 cm³/mol. The van der Waals surface area contributed by atoms with Crippen LogP contribution in [0.4, 0.5) is 5.95 Å². The van der Waals surface area contributed by atoms with E-state index in [1.165, 1.54) is 0 Å². The predicted octanol–water partition coefficient (Wildman–Crippen LogP) is 1.70. The van der Waals surface area contributed by atoms with E-state index in [0.29, 0.717) is 18.7 Å². The molecule has 0 saturated heterocycles. The molecule has 78 valence electrons. The Kier molecular flexibility index (Phi) is 4.93. The van der Waals surface area contributed by atoms with E-state index in [4.69, 9.17) is 4.74 Å². The van der Waals surface area contributed by atoms with Crippen LogP contribution in [0.5, 0.6) is 0 Å². The van der Waals surface area contributed by atoms with Gasteiger partial charge in [0, 0.05) is 18.9 Å². The molecule has 0 radical (unpaired) electrons. The summed E-state index contributed by atoms with van der Waals surface area (Å²) in [5, 5.41) is 3.08. The molecule has 0 bridgehead atoms.